The average molecular weight is 332 g/mol. The number of likely N-dealkylation sites (N-methyl/N-ethyl adjacent to an activating group) is 1. The Morgan fingerprint density at radius 1 is 1.21 bits per heavy atom. The van der Waals surface area contributed by atoms with Crippen molar-refractivity contribution < 1.29 is 9.53 Å². The Balaban J connectivity index is 1.48. The third-order valence-electron chi connectivity index (χ3n) is 4.80. The molecule has 2 unspecified atom stereocenters. The number of carbonyl (C=O) groups excluding carboxylic acids is 1. The van der Waals surface area contributed by atoms with E-state index in [0.29, 0.717) is 0 Å². The minimum absolute atomic E-state index is 0.0120. The van der Waals surface area contributed by atoms with Gasteiger partial charge in [-0.2, -0.15) is 0 Å². The van der Waals surface area contributed by atoms with E-state index in [1.807, 2.05) is 35.2 Å². The first-order chi connectivity index (χ1) is 11.6. The highest BCUT2D eigenvalue weighted by molar-refractivity contribution is 5.89. The lowest BCUT2D eigenvalue weighted by Gasteiger charge is -2.42. The second-order valence-corrected chi connectivity index (χ2v) is 6.85. The number of ether oxygens (including phenoxy) is 1. The van der Waals surface area contributed by atoms with E-state index in [0.717, 1.165) is 51.6 Å². The highest BCUT2D eigenvalue weighted by Gasteiger charge is 2.29. The van der Waals surface area contributed by atoms with Crippen LogP contribution in [0.2, 0.25) is 0 Å². The maximum Gasteiger partial charge on any atom is 0.322 e. The molecule has 0 aromatic heterocycles. The molecule has 0 radical (unpaired) electrons. The number of morpholine rings is 1. The lowest BCUT2D eigenvalue weighted by atomic mass is 10.1. The van der Waals surface area contributed by atoms with Crippen molar-refractivity contribution in [1.82, 2.24) is 14.7 Å². The Morgan fingerprint density at radius 2 is 2.00 bits per heavy atom. The molecule has 3 rings (SSSR count). The van der Waals surface area contributed by atoms with Crippen molar-refractivity contribution in [2.45, 2.75) is 19.1 Å². The van der Waals surface area contributed by atoms with Crippen molar-refractivity contribution in [3.05, 3.63) is 30.3 Å². The summed E-state index contributed by atoms with van der Waals surface area (Å²) in [5, 5.41) is 2.98. The van der Waals surface area contributed by atoms with Crippen molar-refractivity contribution in [2.24, 2.45) is 0 Å². The number of nitrogens with one attached hydrogen (secondary N) is 1. The molecule has 2 heterocycles. The van der Waals surface area contributed by atoms with E-state index in [1.165, 1.54) is 0 Å². The molecular formula is C18H28N4O2. The summed E-state index contributed by atoms with van der Waals surface area (Å²) < 4.78 is 5.86. The molecule has 0 spiro atoms. The van der Waals surface area contributed by atoms with Gasteiger partial charge >= 0.3 is 6.03 Å². The minimum Gasteiger partial charge on any atom is -0.374 e. The predicted molar refractivity (Wildman–Crippen MR) is 95.3 cm³/mol. The molecular weight excluding hydrogens is 304 g/mol. The van der Waals surface area contributed by atoms with Gasteiger partial charge in [0, 0.05) is 51.0 Å². The third-order valence-corrected chi connectivity index (χ3v) is 4.80. The maximum atomic E-state index is 12.5. The van der Waals surface area contributed by atoms with Crippen LogP contribution in [0.4, 0.5) is 10.5 Å². The molecule has 2 saturated heterocycles. The van der Waals surface area contributed by atoms with Crippen LogP contribution in [0.5, 0.6) is 0 Å². The van der Waals surface area contributed by atoms with Crippen LogP contribution < -0.4 is 5.32 Å². The van der Waals surface area contributed by atoms with Crippen LogP contribution >= 0.6 is 0 Å². The molecule has 2 aliphatic rings. The molecule has 132 valence electrons. The second-order valence-electron chi connectivity index (χ2n) is 6.85. The first-order valence-electron chi connectivity index (χ1n) is 8.77. The van der Waals surface area contributed by atoms with Gasteiger partial charge in [-0.1, -0.05) is 18.2 Å². The molecule has 2 atom stereocenters. The monoisotopic (exact) mass is 332 g/mol. The Bertz CT molecular complexity index is 539. The van der Waals surface area contributed by atoms with Crippen molar-refractivity contribution in [3.8, 4) is 0 Å². The molecule has 2 fully saturated rings. The molecule has 0 aliphatic carbocycles. The molecule has 1 aromatic carbocycles. The zero-order valence-electron chi connectivity index (χ0n) is 14.6. The van der Waals surface area contributed by atoms with E-state index in [2.05, 4.69) is 29.1 Å². The highest BCUT2D eigenvalue weighted by atomic mass is 16.5. The summed E-state index contributed by atoms with van der Waals surface area (Å²) in [6.07, 6.45) is 0.278. The fourth-order valence-electron chi connectivity index (χ4n) is 3.48. The Labute approximate surface area is 144 Å². The van der Waals surface area contributed by atoms with Crippen LogP contribution in [0.15, 0.2) is 30.3 Å². The fourth-order valence-corrected chi connectivity index (χ4v) is 3.48. The zero-order chi connectivity index (χ0) is 16.9. The molecule has 1 aromatic rings. The number of anilines is 1. The highest BCUT2D eigenvalue weighted by Crippen LogP contribution is 2.15. The number of hydrogen-bond acceptors (Lipinski definition) is 4. The number of piperazine rings is 1. The van der Waals surface area contributed by atoms with Gasteiger partial charge < -0.3 is 19.9 Å². The Morgan fingerprint density at radius 3 is 2.71 bits per heavy atom. The van der Waals surface area contributed by atoms with Gasteiger partial charge in [0.15, 0.2) is 0 Å². The zero-order valence-corrected chi connectivity index (χ0v) is 14.6. The quantitative estimate of drug-likeness (QED) is 0.912. The number of amides is 2. The summed E-state index contributed by atoms with van der Waals surface area (Å²) in [6, 6.07) is 9.81. The third kappa shape index (κ3) is 4.47. The van der Waals surface area contributed by atoms with Crippen LogP contribution in [0.1, 0.15) is 6.92 Å². The molecule has 1 N–H and O–H groups in total. The average Bonchev–Trinajstić information content (AvgIpc) is 2.56. The summed E-state index contributed by atoms with van der Waals surface area (Å²) in [5.41, 5.74) is 0.843. The van der Waals surface area contributed by atoms with Gasteiger partial charge in [0.2, 0.25) is 0 Å². The number of urea groups is 1. The van der Waals surface area contributed by atoms with Crippen LogP contribution in [-0.4, -0.2) is 85.8 Å². The number of carbonyl (C=O) groups is 1. The molecule has 6 heteroatoms. The second kappa shape index (κ2) is 7.96. The van der Waals surface area contributed by atoms with E-state index < -0.39 is 0 Å². The van der Waals surface area contributed by atoms with Gasteiger partial charge in [-0.05, 0) is 26.1 Å². The molecule has 6 nitrogen and oxygen atoms in total. The predicted octanol–water partition coefficient (Wildman–Crippen LogP) is 1.56. The van der Waals surface area contributed by atoms with Crippen molar-refractivity contribution in [1.29, 1.82) is 0 Å². The van der Waals surface area contributed by atoms with Crippen LogP contribution in [0.3, 0.4) is 0 Å². The maximum absolute atomic E-state index is 12.5. The number of para-hydroxylation sites is 1. The number of benzene rings is 1. The summed E-state index contributed by atoms with van der Waals surface area (Å²) in [4.78, 5) is 19.1. The molecule has 0 bridgehead atoms. The topological polar surface area (TPSA) is 48.1 Å². The summed E-state index contributed by atoms with van der Waals surface area (Å²) >= 11 is 0. The standard InChI is InChI=1S/C18H28N4O2/c1-15-12-21(14-17-13-20(2)10-11-24-17)8-9-22(15)18(23)19-16-6-4-3-5-7-16/h3-7,15,17H,8-14H2,1-2H3,(H,19,23). The van der Waals surface area contributed by atoms with E-state index in [1.54, 1.807) is 0 Å². The summed E-state index contributed by atoms with van der Waals surface area (Å²) in [6.45, 7) is 8.43. The first kappa shape index (κ1) is 17.2. The number of nitrogens with zero attached hydrogens (tertiary/aromatic N) is 3. The van der Waals surface area contributed by atoms with Crippen molar-refractivity contribution in [3.63, 3.8) is 0 Å². The van der Waals surface area contributed by atoms with E-state index in [-0.39, 0.29) is 18.2 Å². The smallest absolute Gasteiger partial charge is 0.322 e. The molecule has 0 saturated carbocycles. The van der Waals surface area contributed by atoms with Gasteiger partial charge in [-0.3, -0.25) is 4.90 Å². The van der Waals surface area contributed by atoms with E-state index in [9.17, 15) is 4.79 Å². The molecule has 2 aliphatic heterocycles. The molecule has 24 heavy (non-hydrogen) atoms. The van der Waals surface area contributed by atoms with Gasteiger partial charge in [-0.25, -0.2) is 4.79 Å². The minimum atomic E-state index is -0.0120. The van der Waals surface area contributed by atoms with E-state index >= 15 is 0 Å². The lowest BCUT2D eigenvalue weighted by molar-refractivity contribution is -0.0425. The summed E-state index contributed by atoms with van der Waals surface area (Å²) in [5.74, 6) is 0. The van der Waals surface area contributed by atoms with Crippen LogP contribution in [0.25, 0.3) is 0 Å². The first-order valence-corrected chi connectivity index (χ1v) is 8.77. The number of hydrogen-bond donors (Lipinski definition) is 1. The van der Waals surface area contributed by atoms with Crippen molar-refractivity contribution in [2.75, 3.05) is 58.2 Å². The lowest BCUT2D eigenvalue weighted by Crippen LogP contribution is -2.57. The summed E-state index contributed by atoms with van der Waals surface area (Å²) in [7, 11) is 2.14. The van der Waals surface area contributed by atoms with Crippen molar-refractivity contribution >= 4 is 11.7 Å². The van der Waals surface area contributed by atoms with Gasteiger partial charge in [-0.15, -0.1) is 0 Å². The normalized spacial score (nSPS) is 26.3. The Kier molecular flexibility index (Phi) is 5.71. The van der Waals surface area contributed by atoms with Gasteiger partial charge in [0.05, 0.1) is 12.7 Å². The molecule has 2 amide bonds. The van der Waals surface area contributed by atoms with E-state index in [4.69, 9.17) is 4.74 Å². The van der Waals surface area contributed by atoms with Crippen LogP contribution in [0, 0.1) is 0 Å². The van der Waals surface area contributed by atoms with Crippen LogP contribution in [-0.2, 0) is 4.74 Å². The Hall–Kier alpha value is -1.63. The fraction of sp³-hybridized carbons (Fsp3) is 0.611. The largest absolute Gasteiger partial charge is 0.374 e. The van der Waals surface area contributed by atoms with Gasteiger partial charge in [0.25, 0.3) is 0 Å². The van der Waals surface area contributed by atoms with Gasteiger partial charge in [0.1, 0.15) is 0 Å². The number of rotatable bonds is 3. The SMILES string of the molecule is CC1CN(CC2CN(C)CCO2)CCN1C(=O)Nc1ccccc1.